The van der Waals surface area contributed by atoms with E-state index in [2.05, 4.69) is 5.32 Å². The molecule has 1 N–H and O–H groups in total. The van der Waals surface area contributed by atoms with Crippen LogP contribution in [0, 0.1) is 12.3 Å². The van der Waals surface area contributed by atoms with E-state index in [1.54, 1.807) is 32.2 Å². The van der Waals surface area contributed by atoms with E-state index in [1.165, 1.54) is 4.31 Å². The van der Waals surface area contributed by atoms with E-state index in [0.717, 1.165) is 11.3 Å². The molecule has 0 radical (unpaired) electrons. The van der Waals surface area contributed by atoms with Crippen molar-refractivity contribution in [2.24, 2.45) is 5.41 Å². The maximum atomic E-state index is 13.2. The minimum absolute atomic E-state index is 0.135. The van der Waals surface area contributed by atoms with Crippen LogP contribution in [0.5, 0.6) is 5.75 Å². The molecule has 162 valence electrons. The number of rotatable bonds is 6. The van der Waals surface area contributed by atoms with E-state index in [-0.39, 0.29) is 17.3 Å². The first-order valence-electron chi connectivity index (χ1n) is 9.84. The lowest BCUT2D eigenvalue weighted by molar-refractivity contribution is -0.132. The van der Waals surface area contributed by atoms with E-state index >= 15 is 0 Å². The van der Waals surface area contributed by atoms with Crippen molar-refractivity contribution in [3.63, 3.8) is 0 Å². The van der Waals surface area contributed by atoms with Crippen molar-refractivity contribution in [2.75, 3.05) is 20.2 Å². The van der Waals surface area contributed by atoms with Gasteiger partial charge in [0.1, 0.15) is 5.75 Å². The standard InChI is InChI=1S/C22H27ClN2O4S/c1-16-19(23)6-4-7-20(16)30(27,28)25-13-5-12-22(2,15-25)21(26)24-14-17-8-10-18(29-3)11-9-17/h4,6-11H,5,12-15H2,1-3H3,(H,24,26)/t22-/m1/s1. The minimum atomic E-state index is -3.74. The molecule has 0 aromatic heterocycles. The zero-order valence-corrected chi connectivity index (χ0v) is 19.0. The predicted molar refractivity (Wildman–Crippen MR) is 117 cm³/mol. The zero-order valence-electron chi connectivity index (χ0n) is 17.4. The third-order valence-electron chi connectivity index (χ3n) is 5.66. The van der Waals surface area contributed by atoms with Crippen LogP contribution in [-0.4, -0.2) is 38.8 Å². The molecule has 0 aliphatic carbocycles. The van der Waals surface area contributed by atoms with Crippen LogP contribution >= 0.6 is 11.6 Å². The van der Waals surface area contributed by atoms with Crippen molar-refractivity contribution < 1.29 is 17.9 Å². The van der Waals surface area contributed by atoms with E-state index in [0.29, 0.717) is 36.5 Å². The number of methoxy groups -OCH3 is 1. The number of piperidine rings is 1. The number of hydrogen-bond donors (Lipinski definition) is 1. The third kappa shape index (κ3) is 4.63. The summed E-state index contributed by atoms with van der Waals surface area (Å²) in [7, 11) is -2.14. The molecule has 6 nitrogen and oxygen atoms in total. The summed E-state index contributed by atoms with van der Waals surface area (Å²) in [5, 5.41) is 3.37. The summed E-state index contributed by atoms with van der Waals surface area (Å²) in [6.45, 7) is 4.41. The Hall–Kier alpha value is -2.09. The molecule has 2 aromatic rings. The molecule has 2 aromatic carbocycles. The van der Waals surface area contributed by atoms with Gasteiger partial charge in [-0.25, -0.2) is 8.42 Å². The number of amides is 1. The molecule has 3 rings (SSSR count). The van der Waals surface area contributed by atoms with Crippen molar-refractivity contribution in [2.45, 2.75) is 38.1 Å². The second kappa shape index (κ2) is 8.96. The predicted octanol–water partition coefficient (Wildman–Crippen LogP) is 3.76. The van der Waals surface area contributed by atoms with Gasteiger partial charge in [-0.2, -0.15) is 4.31 Å². The number of ether oxygens (including phenoxy) is 1. The normalized spacial score (nSPS) is 20.0. The van der Waals surface area contributed by atoms with Crippen molar-refractivity contribution in [3.8, 4) is 5.75 Å². The average Bonchev–Trinajstić information content (AvgIpc) is 2.74. The Kier molecular flexibility index (Phi) is 6.75. The third-order valence-corrected chi connectivity index (χ3v) is 8.06. The fourth-order valence-electron chi connectivity index (χ4n) is 3.73. The minimum Gasteiger partial charge on any atom is -0.497 e. The smallest absolute Gasteiger partial charge is 0.243 e. The molecule has 1 atom stereocenters. The van der Waals surface area contributed by atoms with Crippen LogP contribution in [0.2, 0.25) is 5.02 Å². The first kappa shape index (κ1) is 22.6. The molecule has 1 heterocycles. The lowest BCUT2D eigenvalue weighted by Crippen LogP contribution is -2.51. The molecular formula is C22H27ClN2O4S. The molecule has 1 aliphatic rings. The summed E-state index contributed by atoms with van der Waals surface area (Å²) < 4.78 is 33.0. The van der Waals surface area contributed by atoms with Crippen LogP contribution in [0.15, 0.2) is 47.4 Å². The molecule has 1 aliphatic heterocycles. The second-order valence-corrected chi connectivity index (χ2v) is 10.2. The first-order chi connectivity index (χ1) is 14.2. The quantitative estimate of drug-likeness (QED) is 0.726. The Morgan fingerprint density at radius 3 is 2.60 bits per heavy atom. The highest BCUT2D eigenvalue weighted by molar-refractivity contribution is 7.89. The van der Waals surface area contributed by atoms with Gasteiger partial charge in [0.25, 0.3) is 0 Å². The summed E-state index contributed by atoms with van der Waals surface area (Å²) in [6, 6.07) is 12.3. The number of hydrogen-bond acceptors (Lipinski definition) is 4. The molecule has 1 amide bonds. The van der Waals surface area contributed by atoms with Crippen LogP contribution in [-0.2, 0) is 21.4 Å². The van der Waals surface area contributed by atoms with Gasteiger partial charge in [-0.3, -0.25) is 4.79 Å². The molecule has 1 saturated heterocycles. The van der Waals surface area contributed by atoms with E-state index < -0.39 is 15.4 Å². The SMILES string of the molecule is COc1ccc(CNC(=O)[C@]2(C)CCCN(S(=O)(=O)c3cccc(Cl)c3C)C2)cc1. The van der Waals surface area contributed by atoms with Crippen molar-refractivity contribution in [3.05, 3.63) is 58.6 Å². The van der Waals surface area contributed by atoms with Crippen molar-refractivity contribution in [1.82, 2.24) is 9.62 Å². The van der Waals surface area contributed by atoms with Gasteiger partial charge >= 0.3 is 0 Å². The Balaban J connectivity index is 1.73. The van der Waals surface area contributed by atoms with Crippen LogP contribution in [0.1, 0.15) is 30.9 Å². The van der Waals surface area contributed by atoms with Crippen LogP contribution < -0.4 is 10.1 Å². The van der Waals surface area contributed by atoms with E-state index in [4.69, 9.17) is 16.3 Å². The number of nitrogens with zero attached hydrogens (tertiary/aromatic N) is 1. The Morgan fingerprint density at radius 1 is 1.23 bits per heavy atom. The highest BCUT2D eigenvalue weighted by Crippen LogP contribution is 2.34. The van der Waals surface area contributed by atoms with Gasteiger partial charge in [0.2, 0.25) is 15.9 Å². The molecule has 0 spiro atoms. The fraction of sp³-hybridized carbons (Fsp3) is 0.409. The monoisotopic (exact) mass is 450 g/mol. The van der Waals surface area contributed by atoms with Gasteiger partial charge in [0.05, 0.1) is 17.4 Å². The van der Waals surface area contributed by atoms with Crippen molar-refractivity contribution >= 4 is 27.5 Å². The summed E-state index contributed by atoms with van der Waals surface area (Å²) in [5.74, 6) is 0.600. The summed E-state index contributed by atoms with van der Waals surface area (Å²) in [4.78, 5) is 13.2. The van der Waals surface area contributed by atoms with Gasteiger partial charge < -0.3 is 10.1 Å². The second-order valence-electron chi connectivity index (χ2n) is 7.90. The average molecular weight is 451 g/mol. The van der Waals surface area contributed by atoms with Gasteiger partial charge in [0, 0.05) is 24.7 Å². The number of sulfonamides is 1. The lowest BCUT2D eigenvalue weighted by Gasteiger charge is -2.38. The number of halogens is 1. The largest absolute Gasteiger partial charge is 0.497 e. The van der Waals surface area contributed by atoms with Crippen molar-refractivity contribution in [1.29, 1.82) is 0 Å². The summed E-state index contributed by atoms with van der Waals surface area (Å²) in [6.07, 6.45) is 1.24. The molecule has 0 unspecified atom stereocenters. The summed E-state index contributed by atoms with van der Waals surface area (Å²) >= 11 is 6.13. The number of benzene rings is 2. The maximum absolute atomic E-state index is 13.2. The maximum Gasteiger partial charge on any atom is 0.243 e. The van der Waals surface area contributed by atoms with E-state index in [9.17, 15) is 13.2 Å². The molecule has 1 fully saturated rings. The first-order valence-corrected chi connectivity index (χ1v) is 11.7. The zero-order chi connectivity index (χ0) is 21.9. The number of carbonyl (C=O) groups is 1. The fourth-order valence-corrected chi connectivity index (χ4v) is 5.81. The Morgan fingerprint density at radius 2 is 1.93 bits per heavy atom. The van der Waals surface area contributed by atoms with Crippen LogP contribution in [0.3, 0.4) is 0 Å². The highest BCUT2D eigenvalue weighted by Gasteiger charge is 2.42. The molecule has 0 bridgehead atoms. The van der Waals surface area contributed by atoms with Gasteiger partial charge in [-0.1, -0.05) is 29.8 Å². The number of carbonyl (C=O) groups excluding carboxylic acids is 1. The summed E-state index contributed by atoms with van der Waals surface area (Å²) in [5.41, 5.74) is 0.669. The molecule has 30 heavy (non-hydrogen) atoms. The number of nitrogens with one attached hydrogen (secondary N) is 1. The highest BCUT2D eigenvalue weighted by atomic mass is 35.5. The Bertz CT molecular complexity index is 1020. The lowest BCUT2D eigenvalue weighted by atomic mass is 9.82. The van der Waals surface area contributed by atoms with Crippen LogP contribution in [0.4, 0.5) is 0 Å². The molecular weight excluding hydrogens is 424 g/mol. The van der Waals surface area contributed by atoms with Gasteiger partial charge in [0.15, 0.2) is 0 Å². The Labute approximate surface area is 183 Å². The van der Waals surface area contributed by atoms with E-state index in [1.807, 2.05) is 31.2 Å². The van der Waals surface area contributed by atoms with Gasteiger partial charge in [-0.15, -0.1) is 0 Å². The molecule has 0 saturated carbocycles. The molecule has 8 heteroatoms. The van der Waals surface area contributed by atoms with Crippen LogP contribution in [0.25, 0.3) is 0 Å². The van der Waals surface area contributed by atoms with Gasteiger partial charge in [-0.05, 0) is 62.1 Å². The topological polar surface area (TPSA) is 75.7 Å².